The summed E-state index contributed by atoms with van der Waals surface area (Å²) in [6, 6.07) is 15.6. The minimum Gasteiger partial charge on any atom is -0.383 e. The first-order valence-corrected chi connectivity index (χ1v) is 10.2. The highest BCUT2D eigenvalue weighted by Crippen LogP contribution is 2.33. The predicted octanol–water partition coefficient (Wildman–Crippen LogP) is 3.86. The number of nitrogens with zero attached hydrogens (tertiary/aromatic N) is 4. The van der Waals surface area contributed by atoms with Crippen molar-refractivity contribution >= 4 is 22.8 Å². The maximum Gasteiger partial charge on any atom is 0.251 e. The van der Waals surface area contributed by atoms with Gasteiger partial charge in [0.15, 0.2) is 5.65 Å². The molecule has 158 valence electrons. The van der Waals surface area contributed by atoms with E-state index >= 15 is 0 Å². The third-order valence-electron chi connectivity index (χ3n) is 5.39. The first-order chi connectivity index (χ1) is 14.8. The molecule has 1 amide bonds. The zero-order valence-corrected chi connectivity index (χ0v) is 18.2. The molecule has 0 fully saturated rings. The van der Waals surface area contributed by atoms with Gasteiger partial charge in [0.05, 0.1) is 10.9 Å². The molecule has 0 aliphatic rings. The number of nitrogens with two attached hydrogens (primary N) is 1. The first-order valence-electron chi connectivity index (χ1n) is 10.2. The van der Waals surface area contributed by atoms with Gasteiger partial charge in [-0.05, 0) is 39.8 Å². The second kappa shape index (κ2) is 7.83. The van der Waals surface area contributed by atoms with Crippen molar-refractivity contribution in [3.63, 3.8) is 0 Å². The number of nitrogens with one attached hydrogen (secondary N) is 1. The van der Waals surface area contributed by atoms with Gasteiger partial charge in [-0.15, -0.1) is 0 Å². The van der Waals surface area contributed by atoms with E-state index in [1.165, 1.54) is 6.33 Å². The van der Waals surface area contributed by atoms with Crippen LogP contribution in [-0.2, 0) is 5.54 Å². The summed E-state index contributed by atoms with van der Waals surface area (Å²) in [6.07, 6.45) is 1.44. The molecule has 7 nitrogen and oxygen atoms in total. The molecular formula is C24H26N6O. The van der Waals surface area contributed by atoms with E-state index in [-0.39, 0.29) is 5.91 Å². The minimum absolute atomic E-state index is 0.127. The summed E-state index contributed by atoms with van der Waals surface area (Å²) in [5.41, 5.74) is 10.9. The summed E-state index contributed by atoms with van der Waals surface area (Å²) in [7, 11) is 0. The molecule has 4 rings (SSSR count). The van der Waals surface area contributed by atoms with Gasteiger partial charge in [-0.1, -0.05) is 47.5 Å². The normalized spacial score (nSPS) is 11.6. The lowest BCUT2D eigenvalue weighted by molar-refractivity contribution is 0.0936. The Bertz CT molecular complexity index is 1240. The highest BCUT2D eigenvalue weighted by Gasteiger charge is 2.28. The Morgan fingerprint density at radius 3 is 2.26 bits per heavy atom. The smallest absolute Gasteiger partial charge is 0.251 e. The molecule has 2 heterocycles. The van der Waals surface area contributed by atoms with Crippen molar-refractivity contribution in [2.24, 2.45) is 0 Å². The summed E-state index contributed by atoms with van der Waals surface area (Å²) in [6.45, 7) is 8.41. The summed E-state index contributed by atoms with van der Waals surface area (Å²) in [5, 5.41) is 8.60. The minimum atomic E-state index is -0.553. The van der Waals surface area contributed by atoms with Gasteiger partial charge in [-0.25, -0.2) is 14.6 Å². The Labute approximate surface area is 181 Å². The average molecular weight is 415 g/mol. The second-order valence-corrected chi connectivity index (χ2v) is 8.45. The van der Waals surface area contributed by atoms with E-state index in [0.29, 0.717) is 29.0 Å². The van der Waals surface area contributed by atoms with Gasteiger partial charge in [0, 0.05) is 17.7 Å². The number of hydrogen-bond acceptors (Lipinski definition) is 5. The molecule has 31 heavy (non-hydrogen) atoms. The van der Waals surface area contributed by atoms with Crippen LogP contribution in [0.4, 0.5) is 5.82 Å². The summed E-state index contributed by atoms with van der Waals surface area (Å²) in [4.78, 5) is 21.3. The van der Waals surface area contributed by atoms with Crippen molar-refractivity contribution in [1.82, 2.24) is 25.1 Å². The second-order valence-electron chi connectivity index (χ2n) is 8.45. The maximum atomic E-state index is 12.6. The molecule has 2 aromatic carbocycles. The zero-order valence-electron chi connectivity index (χ0n) is 18.2. The number of aryl methyl sites for hydroxylation is 2. The van der Waals surface area contributed by atoms with Crippen LogP contribution in [0, 0.1) is 13.8 Å². The number of amides is 1. The highest BCUT2D eigenvalue weighted by molar-refractivity contribution is 5.98. The standard InChI is InChI=1S/C24H26N6O/c1-15-5-9-17(10-6-15)20-19-21(25)27-14-28-22(19)30(29-20)24(3,4)13-26-23(31)18-11-7-16(2)8-12-18/h5-12,14H,13H2,1-4H3,(H,26,31)(H2,25,27,28). The van der Waals surface area contributed by atoms with Gasteiger partial charge in [-0.3, -0.25) is 4.79 Å². The van der Waals surface area contributed by atoms with Gasteiger partial charge < -0.3 is 11.1 Å². The fraction of sp³-hybridized carbons (Fsp3) is 0.250. The lowest BCUT2D eigenvalue weighted by atomic mass is 10.1. The van der Waals surface area contributed by atoms with E-state index < -0.39 is 5.54 Å². The predicted molar refractivity (Wildman–Crippen MR) is 123 cm³/mol. The molecule has 0 atom stereocenters. The third-order valence-corrected chi connectivity index (χ3v) is 5.39. The number of benzene rings is 2. The van der Waals surface area contributed by atoms with Crippen LogP contribution in [0.3, 0.4) is 0 Å². The number of aromatic nitrogens is 4. The average Bonchev–Trinajstić information content (AvgIpc) is 3.15. The van der Waals surface area contributed by atoms with Crippen molar-refractivity contribution in [2.45, 2.75) is 33.2 Å². The molecule has 0 saturated carbocycles. The van der Waals surface area contributed by atoms with Crippen LogP contribution >= 0.6 is 0 Å². The molecule has 2 aromatic heterocycles. The van der Waals surface area contributed by atoms with Crippen LogP contribution < -0.4 is 11.1 Å². The summed E-state index contributed by atoms with van der Waals surface area (Å²) >= 11 is 0. The Balaban J connectivity index is 1.69. The fourth-order valence-electron chi connectivity index (χ4n) is 3.49. The van der Waals surface area contributed by atoms with Crippen LogP contribution in [0.15, 0.2) is 54.9 Å². The Hall–Kier alpha value is -3.74. The fourth-order valence-corrected chi connectivity index (χ4v) is 3.49. The van der Waals surface area contributed by atoms with Crippen molar-refractivity contribution in [2.75, 3.05) is 12.3 Å². The third kappa shape index (κ3) is 3.99. The quantitative estimate of drug-likeness (QED) is 0.517. The number of nitrogen functional groups attached to an aromatic ring is 1. The molecule has 0 aliphatic heterocycles. The number of fused-ring (bicyclic) bond motifs is 1. The van der Waals surface area contributed by atoms with E-state index in [1.807, 2.05) is 80.9 Å². The molecule has 0 bridgehead atoms. The van der Waals surface area contributed by atoms with E-state index in [4.69, 9.17) is 10.8 Å². The van der Waals surface area contributed by atoms with Crippen molar-refractivity contribution in [1.29, 1.82) is 0 Å². The van der Waals surface area contributed by atoms with Crippen LogP contribution in [-0.4, -0.2) is 32.2 Å². The Morgan fingerprint density at radius 1 is 1.00 bits per heavy atom. The molecule has 0 unspecified atom stereocenters. The van der Waals surface area contributed by atoms with E-state index in [2.05, 4.69) is 15.3 Å². The maximum absolute atomic E-state index is 12.6. The lowest BCUT2D eigenvalue weighted by Crippen LogP contribution is -2.41. The van der Waals surface area contributed by atoms with Gasteiger partial charge in [0.2, 0.25) is 0 Å². The number of carbonyl (C=O) groups excluding carboxylic acids is 1. The summed E-state index contributed by atoms with van der Waals surface area (Å²) in [5.74, 6) is 0.253. The van der Waals surface area contributed by atoms with Crippen molar-refractivity contribution in [3.05, 3.63) is 71.5 Å². The largest absolute Gasteiger partial charge is 0.383 e. The molecule has 0 radical (unpaired) electrons. The molecule has 0 saturated heterocycles. The Morgan fingerprint density at radius 2 is 1.61 bits per heavy atom. The molecule has 4 aromatic rings. The van der Waals surface area contributed by atoms with Gasteiger partial charge in [-0.2, -0.15) is 5.10 Å². The number of hydrogen-bond donors (Lipinski definition) is 2. The topological polar surface area (TPSA) is 98.7 Å². The molecule has 0 aliphatic carbocycles. The van der Waals surface area contributed by atoms with Crippen molar-refractivity contribution in [3.8, 4) is 11.3 Å². The van der Waals surface area contributed by atoms with Crippen LogP contribution in [0.2, 0.25) is 0 Å². The SMILES string of the molecule is Cc1ccc(C(=O)NCC(C)(C)n2nc(-c3ccc(C)cc3)c3c(N)ncnc32)cc1. The van der Waals surface area contributed by atoms with E-state index in [9.17, 15) is 4.79 Å². The first kappa shape index (κ1) is 20.5. The molecule has 0 spiro atoms. The number of carbonyl (C=O) groups is 1. The van der Waals surface area contributed by atoms with Gasteiger partial charge in [0.1, 0.15) is 17.8 Å². The lowest BCUT2D eigenvalue weighted by Gasteiger charge is -2.26. The van der Waals surface area contributed by atoms with E-state index in [1.54, 1.807) is 0 Å². The molecule has 7 heteroatoms. The van der Waals surface area contributed by atoms with Crippen LogP contribution in [0.25, 0.3) is 22.3 Å². The Kier molecular flexibility index (Phi) is 5.19. The molecule has 3 N–H and O–H groups in total. The molecular weight excluding hydrogens is 388 g/mol. The van der Waals surface area contributed by atoms with Crippen molar-refractivity contribution < 1.29 is 4.79 Å². The highest BCUT2D eigenvalue weighted by atomic mass is 16.1. The summed E-state index contributed by atoms with van der Waals surface area (Å²) < 4.78 is 1.82. The number of anilines is 1. The van der Waals surface area contributed by atoms with Crippen LogP contribution in [0.1, 0.15) is 35.3 Å². The van der Waals surface area contributed by atoms with Gasteiger partial charge in [0.25, 0.3) is 5.91 Å². The van der Waals surface area contributed by atoms with E-state index in [0.717, 1.165) is 22.4 Å². The zero-order chi connectivity index (χ0) is 22.2. The van der Waals surface area contributed by atoms with Crippen LogP contribution in [0.5, 0.6) is 0 Å². The monoisotopic (exact) mass is 414 g/mol. The van der Waals surface area contributed by atoms with Gasteiger partial charge >= 0.3 is 0 Å². The number of rotatable bonds is 5.